The molecule has 20 valence electrons. The fourth-order valence-electron chi connectivity index (χ4n) is 0. The van der Waals surface area contributed by atoms with E-state index in [4.69, 9.17) is 8.42 Å². The summed E-state index contributed by atoms with van der Waals surface area (Å²) < 4.78 is 16.6. The van der Waals surface area contributed by atoms with E-state index in [1.807, 2.05) is 0 Å². The van der Waals surface area contributed by atoms with Gasteiger partial charge in [-0.3, -0.25) is 0 Å². The van der Waals surface area contributed by atoms with Crippen LogP contribution >= 0.6 is 0 Å². The Morgan fingerprint density at radius 2 is 1.50 bits per heavy atom. The van der Waals surface area contributed by atoms with Crippen molar-refractivity contribution >= 4 is 11.6 Å². The summed E-state index contributed by atoms with van der Waals surface area (Å²) in [5.41, 5.74) is 0. The third-order valence-electron chi connectivity index (χ3n) is 0. The van der Waals surface area contributed by atoms with Crippen LogP contribution in [0.25, 0.3) is 0 Å². The number of hydrogen-bond acceptors (Lipinski definition) is 2. The Labute approximate surface area is 71.5 Å². The molecule has 4 heteroatoms. The molecule has 0 saturated heterocycles. The van der Waals surface area contributed by atoms with Gasteiger partial charge in [-0.2, -0.15) is 8.42 Å². The van der Waals surface area contributed by atoms with Crippen molar-refractivity contribution in [2.75, 3.05) is 0 Å². The first-order valence-electron chi connectivity index (χ1n) is 0.333. The normalized spacial score (nSPS) is 3.00. The Hall–Kier alpha value is 1.46. The van der Waals surface area contributed by atoms with Gasteiger partial charge in [0.25, 0.3) is 0 Å². The summed E-state index contributed by atoms with van der Waals surface area (Å²) in [6.45, 7) is 0. The van der Waals surface area contributed by atoms with Crippen molar-refractivity contribution in [2.24, 2.45) is 0 Å². The molecule has 0 amide bonds. The Bertz CT molecular complexity index is 30.6. The zero-order chi connectivity index (χ0) is 2.71. The number of hydrogen-bond donors (Lipinski definition) is 0. The van der Waals surface area contributed by atoms with Crippen LogP contribution in [0.4, 0.5) is 0 Å². The monoisotopic (exact) mass is 104 g/mol. The largest absolute Gasteiger partial charge is 1.00 e. The maximum Gasteiger partial charge on any atom is 1.00 e. The van der Waals surface area contributed by atoms with Gasteiger partial charge in [-0.05, 0) is 0 Å². The topological polar surface area (TPSA) is 34.1 Å². The van der Waals surface area contributed by atoms with Crippen LogP contribution in [-0.4, -0.2) is 8.42 Å². The van der Waals surface area contributed by atoms with E-state index in [1.165, 1.54) is 0 Å². The molecule has 0 aromatic heterocycles. The first-order chi connectivity index (χ1) is 1.41. The van der Waals surface area contributed by atoms with Gasteiger partial charge in [0.1, 0.15) is 0 Å². The van der Waals surface area contributed by atoms with Gasteiger partial charge in [-0.15, -0.1) is 0 Å². The molecule has 0 aliphatic carbocycles. The van der Waals surface area contributed by atoms with Crippen molar-refractivity contribution < 1.29 is 61.2 Å². The van der Waals surface area contributed by atoms with Crippen molar-refractivity contribution in [3.63, 3.8) is 0 Å². The second-order valence-electron chi connectivity index (χ2n) is 0.0680. The Morgan fingerprint density at radius 3 is 1.50 bits per heavy atom. The van der Waals surface area contributed by atoms with Crippen LogP contribution in [0.3, 0.4) is 0 Å². The SMILES string of the molecule is O=S=O.[H-].[K+]. The quantitative estimate of drug-likeness (QED) is 0.298. The Balaban J connectivity index is -0.0000000200. The Morgan fingerprint density at radius 1 is 1.50 bits per heavy atom. The minimum Gasteiger partial charge on any atom is -1.00 e. The molecule has 0 unspecified atom stereocenters. The fourth-order valence-corrected chi connectivity index (χ4v) is 0. The molecular weight excluding hydrogens is 103 g/mol. The molecule has 0 fully saturated rings. The summed E-state index contributed by atoms with van der Waals surface area (Å²) in [5, 5.41) is 0. The van der Waals surface area contributed by atoms with Crippen LogP contribution in [0, 0.1) is 0 Å². The second-order valence-corrected chi connectivity index (χ2v) is 0.204. The third-order valence-corrected chi connectivity index (χ3v) is 0. The average Bonchev–Trinajstić information content (AvgIpc) is 0.918. The van der Waals surface area contributed by atoms with E-state index in [9.17, 15) is 0 Å². The molecular formula is HKO2S. The third kappa shape index (κ3) is 9.83. The molecule has 0 heterocycles. The minimum absolute atomic E-state index is 0. The van der Waals surface area contributed by atoms with Gasteiger partial charge in [-0.1, -0.05) is 0 Å². The van der Waals surface area contributed by atoms with E-state index in [0.29, 0.717) is 0 Å². The van der Waals surface area contributed by atoms with Crippen LogP contribution in [0.5, 0.6) is 0 Å². The summed E-state index contributed by atoms with van der Waals surface area (Å²) in [6.07, 6.45) is 0. The molecule has 2 nitrogen and oxygen atoms in total. The molecule has 0 N–H and O–H groups in total. The van der Waals surface area contributed by atoms with E-state index >= 15 is 0 Å². The molecule has 0 radical (unpaired) electrons. The summed E-state index contributed by atoms with van der Waals surface area (Å²) in [6, 6.07) is 0. The van der Waals surface area contributed by atoms with Gasteiger partial charge in [0.2, 0.25) is 0 Å². The standard InChI is InChI=1S/K.O2S.H/c;1-3-2;/q+1;;-1. The molecule has 4 heavy (non-hydrogen) atoms. The number of rotatable bonds is 0. The molecule has 0 aliphatic heterocycles. The molecule has 0 bridgehead atoms. The van der Waals surface area contributed by atoms with Gasteiger partial charge >= 0.3 is 63.0 Å². The average molecular weight is 104 g/mol. The molecule has 0 aromatic rings. The van der Waals surface area contributed by atoms with Gasteiger partial charge in [-0.25, -0.2) is 0 Å². The van der Waals surface area contributed by atoms with Crippen molar-refractivity contribution in [2.45, 2.75) is 0 Å². The van der Waals surface area contributed by atoms with Crippen molar-refractivity contribution in [1.82, 2.24) is 0 Å². The van der Waals surface area contributed by atoms with Crippen molar-refractivity contribution in [3.05, 3.63) is 0 Å². The van der Waals surface area contributed by atoms with Crippen LogP contribution < -0.4 is 51.4 Å². The van der Waals surface area contributed by atoms with Crippen LogP contribution in [-0.2, 0) is 11.6 Å². The zero-order valence-corrected chi connectivity index (χ0v) is 6.16. The smallest absolute Gasteiger partial charge is 1.00 e. The first kappa shape index (κ1) is 9.07. The van der Waals surface area contributed by atoms with E-state index in [-0.39, 0.29) is 52.8 Å². The molecule has 0 aromatic carbocycles. The summed E-state index contributed by atoms with van der Waals surface area (Å²) in [5.74, 6) is 0. The van der Waals surface area contributed by atoms with E-state index in [2.05, 4.69) is 0 Å². The van der Waals surface area contributed by atoms with Gasteiger partial charge in [0, 0.05) is 0 Å². The molecule has 0 aliphatic rings. The molecule has 0 atom stereocenters. The van der Waals surface area contributed by atoms with Gasteiger partial charge < -0.3 is 1.43 Å². The minimum atomic E-state index is -0.750. The maximum absolute atomic E-state index is 8.29. The van der Waals surface area contributed by atoms with Crippen molar-refractivity contribution in [1.29, 1.82) is 0 Å². The molecule has 0 spiro atoms. The van der Waals surface area contributed by atoms with Crippen LogP contribution in [0.1, 0.15) is 1.43 Å². The predicted octanol–water partition coefficient (Wildman–Crippen LogP) is -3.55. The summed E-state index contributed by atoms with van der Waals surface area (Å²) in [7, 11) is 0. The molecule has 0 saturated carbocycles. The van der Waals surface area contributed by atoms with Crippen molar-refractivity contribution in [3.8, 4) is 0 Å². The fraction of sp³-hybridized carbons (Fsp3) is 0. The van der Waals surface area contributed by atoms with Crippen LogP contribution in [0.2, 0.25) is 0 Å². The van der Waals surface area contributed by atoms with Gasteiger partial charge in [0.15, 0.2) is 0 Å². The van der Waals surface area contributed by atoms with E-state index < -0.39 is 11.6 Å². The summed E-state index contributed by atoms with van der Waals surface area (Å²) >= 11 is -0.750. The van der Waals surface area contributed by atoms with E-state index in [1.54, 1.807) is 0 Å². The molecule has 0 rings (SSSR count). The zero-order valence-electron chi connectivity index (χ0n) is 3.22. The summed E-state index contributed by atoms with van der Waals surface area (Å²) in [4.78, 5) is 0. The maximum atomic E-state index is 8.29. The predicted molar refractivity (Wildman–Crippen MR) is 10.0 cm³/mol. The second kappa shape index (κ2) is 8.82. The Kier molecular flexibility index (Phi) is 20.0. The van der Waals surface area contributed by atoms with Crippen LogP contribution in [0.15, 0.2) is 0 Å². The van der Waals surface area contributed by atoms with E-state index in [0.717, 1.165) is 0 Å². The first-order valence-corrected chi connectivity index (χ1v) is 1.00. The van der Waals surface area contributed by atoms with Gasteiger partial charge in [0.05, 0.1) is 0 Å².